The molecule has 0 amide bonds. The van der Waals surface area contributed by atoms with Crippen LogP contribution in [0.2, 0.25) is 0 Å². The van der Waals surface area contributed by atoms with Crippen LogP contribution < -0.4 is 5.32 Å². The second-order valence-electron chi connectivity index (χ2n) is 4.52. The Morgan fingerprint density at radius 3 is 2.72 bits per heavy atom. The summed E-state index contributed by atoms with van der Waals surface area (Å²) in [6.45, 7) is 4.01. The van der Waals surface area contributed by atoms with Crippen molar-refractivity contribution in [3.8, 4) is 0 Å². The van der Waals surface area contributed by atoms with Crippen molar-refractivity contribution in [1.29, 1.82) is 0 Å². The molecule has 0 unspecified atom stereocenters. The van der Waals surface area contributed by atoms with E-state index in [0.29, 0.717) is 0 Å². The van der Waals surface area contributed by atoms with Gasteiger partial charge in [0.1, 0.15) is 5.82 Å². The molecule has 0 aliphatic carbocycles. The minimum Gasteiger partial charge on any atom is -0.331 e. The quantitative estimate of drug-likeness (QED) is 0.845. The summed E-state index contributed by atoms with van der Waals surface area (Å²) in [7, 11) is 1.98. The Hall–Kier alpha value is -1.61. The Kier molecular flexibility index (Phi) is 4.53. The normalized spacial score (nSPS) is 10.8. The van der Waals surface area contributed by atoms with Gasteiger partial charge in [-0.05, 0) is 24.6 Å². The van der Waals surface area contributed by atoms with Gasteiger partial charge in [0.05, 0.1) is 0 Å². The molecule has 0 saturated carbocycles. The number of hydrogen-bond donors (Lipinski definition) is 1. The third-order valence-corrected chi connectivity index (χ3v) is 3.10. The van der Waals surface area contributed by atoms with Crippen LogP contribution in [0.25, 0.3) is 0 Å². The molecular formula is C15H21N3. The molecule has 1 aromatic carbocycles. The van der Waals surface area contributed by atoms with Crippen LogP contribution in [0, 0.1) is 0 Å². The third-order valence-electron chi connectivity index (χ3n) is 3.10. The van der Waals surface area contributed by atoms with Crippen molar-refractivity contribution >= 4 is 0 Å². The summed E-state index contributed by atoms with van der Waals surface area (Å²) in [5.74, 6) is 1.18. The lowest BCUT2D eigenvalue weighted by atomic mass is 10.1. The highest BCUT2D eigenvalue weighted by Crippen LogP contribution is 2.12. The molecular weight excluding hydrogens is 222 g/mol. The summed E-state index contributed by atoms with van der Waals surface area (Å²) >= 11 is 0. The van der Waals surface area contributed by atoms with Gasteiger partial charge in [0.2, 0.25) is 0 Å². The van der Waals surface area contributed by atoms with E-state index < -0.39 is 0 Å². The van der Waals surface area contributed by atoms with E-state index >= 15 is 0 Å². The molecule has 3 nitrogen and oxygen atoms in total. The van der Waals surface area contributed by atoms with Gasteiger partial charge in [-0.25, -0.2) is 4.98 Å². The first-order chi connectivity index (χ1) is 8.85. The fraction of sp³-hybridized carbons (Fsp3) is 0.400. The van der Waals surface area contributed by atoms with E-state index in [1.807, 2.05) is 13.2 Å². The van der Waals surface area contributed by atoms with Crippen molar-refractivity contribution < 1.29 is 0 Å². The second kappa shape index (κ2) is 6.36. The molecule has 0 saturated heterocycles. The highest BCUT2D eigenvalue weighted by Gasteiger charge is 2.05. The number of benzene rings is 1. The molecule has 18 heavy (non-hydrogen) atoms. The van der Waals surface area contributed by atoms with E-state index in [4.69, 9.17) is 0 Å². The van der Waals surface area contributed by atoms with Crippen LogP contribution in [0.1, 0.15) is 30.3 Å². The monoisotopic (exact) mass is 243 g/mol. The molecule has 0 spiro atoms. The standard InChI is InChI=1S/C15H21N3/c1-3-6-15-17-9-10-18(15)12-14-8-5-4-7-13(14)11-16-2/h4-5,7-10,16H,3,6,11-12H2,1-2H3. The first-order valence-electron chi connectivity index (χ1n) is 6.56. The minimum absolute atomic E-state index is 0.910. The molecule has 0 fully saturated rings. The van der Waals surface area contributed by atoms with Crippen molar-refractivity contribution in [1.82, 2.24) is 14.9 Å². The highest BCUT2D eigenvalue weighted by atomic mass is 15.1. The van der Waals surface area contributed by atoms with Gasteiger partial charge in [0.25, 0.3) is 0 Å². The van der Waals surface area contributed by atoms with Crippen LogP contribution in [0.3, 0.4) is 0 Å². The molecule has 96 valence electrons. The zero-order chi connectivity index (χ0) is 12.8. The first-order valence-corrected chi connectivity index (χ1v) is 6.56. The zero-order valence-corrected chi connectivity index (χ0v) is 11.2. The van der Waals surface area contributed by atoms with Gasteiger partial charge in [-0.2, -0.15) is 0 Å². The lowest BCUT2D eigenvalue weighted by Gasteiger charge is -2.11. The number of nitrogens with one attached hydrogen (secondary N) is 1. The van der Waals surface area contributed by atoms with Gasteiger partial charge in [-0.3, -0.25) is 0 Å². The number of aryl methyl sites for hydroxylation is 1. The van der Waals surface area contributed by atoms with Crippen molar-refractivity contribution in [2.24, 2.45) is 0 Å². The highest BCUT2D eigenvalue weighted by molar-refractivity contribution is 5.27. The number of aromatic nitrogens is 2. The summed E-state index contributed by atoms with van der Waals surface area (Å²) in [5, 5.41) is 3.22. The van der Waals surface area contributed by atoms with Crippen molar-refractivity contribution in [2.45, 2.75) is 32.9 Å². The third kappa shape index (κ3) is 2.99. The number of nitrogens with zero attached hydrogens (tertiary/aromatic N) is 2. The number of hydrogen-bond acceptors (Lipinski definition) is 2. The fourth-order valence-corrected chi connectivity index (χ4v) is 2.19. The van der Waals surface area contributed by atoms with Crippen LogP contribution in [0.5, 0.6) is 0 Å². The largest absolute Gasteiger partial charge is 0.331 e. The Balaban J connectivity index is 2.20. The molecule has 1 aromatic heterocycles. The summed E-state index contributed by atoms with van der Waals surface area (Å²) in [6, 6.07) is 8.58. The molecule has 0 aliphatic rings. The Labute approximate surface area is 109 Å². The van der Waals surface area contributed by atoms with E-state index in [2.05, 4.69) is 52.3 Å². The molecule has 2 aromatic rings. The fourth-order valence-electron chi connectivity index (χ4n) is 2.19. The zero-order valence-electron chi connectivity index (χ0n) is 11.2. The lowest BCUT2D eigenvalue weighted by Crippen LogP contribution is -2.11. The van der Waals surface area contributed by atoms with Crippen molar-refractivity contribution in [3.05, 3.63) is 53.6 Å². The van der Waals surface area contributed by atoms with Crippen LogP contribution >= 0.6 is 0 Å². The van der Waals surface area contributed by atoms with Crippen LogP contribution in [-0.4, -0.2) is 16.6 Å². The smallest absolute Gasteiger partial charge is 0.108 e. The molecule has 0 aliphatic heterocycles. The average Bonchev–Trinajstić information content (AvgIpc) is 2.80. The number of imidazole rings is 1. The first kappa shape index (κ1) is 12.8. The maximum Gasteiger partial charge on any atom is 0.108 e. The maximum absolute atomic E-state index is 4.43. The maximum atomic E-state index is 4.43. The molecule has 0 radical (unpaired) electrons. The SMILES string of the molecule is CCCc1nccn1Cc1ccccc1CNC. The van der Waals surface area contributed by atoms with Crippen molar-refractivity contribution in [2.75, 3.05) is 7.05 Å². The van der Waals surface area contributed by atoms with Crippen molar-refractivity contribution in [3.63, 3.8) is 0 Å². The minimum atomic E-state index is 0.910. The van der Waals surface area contributed by atoms with Gasteiger partial charge < -0.3 is 9.88 Å². The predicted molar refractivity (Wildman–Crippen MR) is 74.5 cm³/mol. The van der Waals surface area contributed by atoms with Gasteiger partial charge in [-0.1, -0.05) is 31.2 Å². The van der Waals surface area contributed by atoms with Crippen LogP contribution in [-0.2, 0) is 19.5 Å². The summed E-state index contributed by atoms with van der Waals surface area (Å²) in [5.41, 5.74) is 2.72. The second-order valence-corrected chi connectivity index (χ2v) is 4.52. The molecule has 0 bridgehead atoms. The van der Waals surface area contributed by atoms with Gasteiger partial charge in [0, 0.05) is 31.9 Å². The van der Waals surface area contributed by atoms with Gasteiger partial charge in [0.15, 0.2) is 0 Å². The van der Waals surface area contributed by atoms with Gasteiger partial charge in [-0.15, -0.1) is 0 Å². The Morgan fingerprint density at radius 2 is 2.00 bits per heavy atom. The van der Waals surface area contributed by atoms with E-state index in [1.165, 1.54) is 17.0 Å². The topological polar surface area (TPSA) is 29.9 Å². The summed E-state index contributed by atoms with van der Waals surface area (Å²) in [4.78, 5) is 4.43. The molecule has 2 rings (SSSR count). The summed E-state index contributed by atoms with van der Waals surface area (Å²) < 4.78 is 2.25. The Morgan fingerprint density at radius 1 is 1.22 bits per heavy atom. The molecule has 3 heteroatoms. The predicted octanol–water partition coefficient (Wildman–Crippen LogP) is 2.60. The van der Waals surface area contributed by atoms with E-state index in [0.717, 1.165) is 25.9 Å². The molecule has 0 atom stereocenters. The Bertz CT molecular complexity index is 488. The van der Waals surface area contributed by atoms with Crippen LogP contribution in [0.4, 0.5) is 0 Å². The lowest BCUT2D eigenvalue weighted by molar-refractivity contribution is 0.694. The molecule has 1 heterocycles. The van der Waals surface area contributed by atoms with E-state index in [1.54, 1.807) is 0 Å². The van der Waals surface area contributed by atoms with E-state index in [-0.39, 0.29) is 0 Å². The number of rotatable bonds is 6. The average molecular weight is 243 g/mol. The molecule has 1 N–H and O–H groups in total. The van der Waals surface area contributed by atoms with Crippen LogP contribution in [0.15, 0.2) is 36.7 Å². The van der Waals surface area contributed by atoms with Gasteiger partial charge >= 0.3 is 0 Å². The van der Waals surface area contributed by atoms with E-state index in [9.17, 15) is 0 Å². The summed E-state index contributed by atoms with van der Waals surface area (Å²) in [6.07, 6.45) is 6.14.